The molecule has 0 aliphatic carbocycles. The van der Waals surface area contributed by atoms with E-state index in [4.69, 9.17) is 4.74 Å². The lowest BCUT2D eigenvalue weighted by atomic mass is 9.87. The van der Waals surface area contributed by atoms with Gasteiger partial charge in [0.05, 0.1) is 23.4 Å². The fourth-order valence-corrected chi connectivity index (χ4v) is 3.50. The molecule has 0 saturated carbocycles. The largest absolute Gasteiger partial charge is 0.375 e. The van der Waals surface area contributed by atoms with Crippen LogP contribution in [0.25, 0.3) is 0 Å². The maximum absolute atomic E-state index is 11.9. The van der Waals surface area contributed by atoms with Gasteiger partial charge >= 0.3 is 0 Å². The molecular formula is C12H16N2O2S. The minimum atomic E-state index is 0.0924. The summed E-state index contributed by atoms with van der Waals surface area (Å²) in [7, 11) is 0. The molecule has 2 saturated heterocycles. The molecule has 0 spiro atoms. The maximum atomic E-state index is 11.9. The summed E-state index contributed by atoms with van der Waals surface area (Å²) in [5.74, 6) is 0.512. The molecule has 4 nitrogen and oxygen atoms in total. The number of rotatable bonds is 3. The van der Waals surface area contributed by atoms with E-state index in [-0.39, 0.29) is 5.91 Å². The summed E-state index contributed by atoms with van der Waals surface area (Å²) >= 11 is 1.51. The van der Waals surface area contributed by atoms with E-state index in [1.54, 1.807) is 6.20 Å². The van der Waals surface area contributed by atoms with Crippen molar-refractivity contribution in [3.63, 3.8) is 0 Å². The number of aryl methyl sites for hydroxylation is 1. The van der Waals surface area contributed by atoms with Crippen LogP contribution < -0.4 is 5.32 Å². The second-order valence-electron chi connectivity index (χ2n) is 4.87. The normalized spacial score (nSPS) is 30.8. The third-order valence-corrected chi connectivity index (χ3v) is 4.39. The van der Waals surface area contributed by atoms with Gasteiger partial charge in [-0.3, -0.25) is 4.79 Å². The van der Waals surface area contributed by atoms with Crippen molar-refractivity contribution in [3.8, 4) is 0 Å². The highest BCUT2D eigenvalue weighted by Crippen LogP contribution is 2.40. The number of hydrogen-bond acceptors (Lipinski definition) is 4. The summed E-state index contributed by atoms with van der Waals surface area (Å²) in [5, 5.41) is 4.73. The van der Waals surface area contributed by atoms with Crippen LogP contribution in [0.4, 0.5) is 5.00 Å². The zero-order valence-electron chi connectivity index (χ0n) is 9.81. The van der Waals surface area contributed by atoms with Crippen LogP contribution in [0.5, 0.6) is 0 Å². The van der Waals surface area contributed by atoms with E-state index in [9.17, 15) is 4.79 Å². The monoisotopic (exact) mass is 252 g/mol. The molecule has 3 unspecified atom stereocenters. The first-order valence-electron chi connectivity index (χ1n) is 6.08. The first kappa shape index (κ1) is 11.2. The minimum absolute atomic E-state index is 0.0924. The number of nitrogens with zero attached hydrogens (tertiary/aromatic N) is 1. The molecule has 1 aromatic heterocycles. The van der Waals surface area contributed by atoms with E-state index < -0.39 is 0 Å². The number of nitrogens with one attached hydrogen (secondary N) is 1. The number of carbonyl (C=O) groups is 1. The number of carbonyl (C=O) groups excluding carboxylic acids is 1. The molecule has 1 N–H and O–H groups in total. The molecule has 2 bridgehead atoms. The van der Waals surface area contributed by atoms with Gasteiger partial charge in [-0.2, -0.15) is 0 Å². The van der Waals surface area contributed by atoms with Gasteiger partial charge < -0.3 is 10.1 Å². The summed E-state index contributed by atoms with van der Waals surface area (Å²) in [6.07, 6.45) is 6.41. The van der Waals surface area contributed by atoms with Gasteiger partial charge in [-0.25, -0.2) is 4.98 Å². The summed E-state index contributed by atoms with van der Waals surface area (Å²) < 4.78 is 5.75. The highest BCUT2D eigenvalue weighted by atomic mass is 32.1. The molecule has 3 atom stereocenters. The topological polar surface area (TPSA) is 51.2 Å². The van der Waals surface area contributed by atoms with Gasteiger partial charge in [0.1, 0.15) is 5.00 Å². The molecule has 5 heteroatoms. The molecule has 3 heterocycles. The molecule has 2 aliphatic rings. The van der Waals surface area contributed by atoms with Crippen LogP contribution in [0.3, 0.4) is 0 Å². The van der Waals surface area contributed by atoms with E-state index in [1.807, 2.05) is 6.92 Å². The molecule has 0 radical (unpaired) electrons. The van der Waals surface area contributed by atoms with Crippen molar-refractivity contribution < 1.29 is 9.53 Å². The van der Waals surface area contributed by atoms with Gasteiger partial charge in [-0.05, 0) is 32.1 Å². The lowest BCUT2D eigenvalue weighted by Gasteiger charge is -2.17. The second-order valence-corrected chi connectivity index (χ2v) is 6.10. The molecule has 2 fully saturated rings. The Morgan fingerprint density at radius 3 is 3.12 bits per heavy atom. The van der Waals surface area contributed by atoms with E-state index in [2.05, 4.69) is 10.3 Å². The number of amides is 1. The van der Waals surface area contributed by atoms with Gasteiger partial charge in [0.25, 0.3) is 0 Å². The SMILES string of the molecule is Cc1ncc(NC(=O)CC2CC3CCC2O3)s1. The van der Waals surface area contributed by atoms with Gasteiger partial charge in [-0.15, -0.1) is 11.3 Å². The van der Waals surface area contributed by atoms with Crippen LogP contribution >= 0.6 is 11.3 Å². The Bertz CT molecular complexity index is 432. The Morgan fingerprint density at radius 2 is 2.53 bits per heavy atom. The van der Waals surface area contributed by atoms with Crippen molar-refractivity contribution in [3.05, 3.63) is 11.2 Å². The molecule has 1 amide bonds. The van der Waals surface area contributed by atoms with Gasteiger partial charge in [-0.1, -0.05) is 0 Å². The van der Waals surface area contributed by atoms with E-state index in [0.29, 0.717) is 24.5 Å². The smallest absolute Gasteiger partial charge is 0.225 e. The summed E-state index contributed by atoms with van der Waals surface area (Å²) in [6, 6.07) is 0. The number of fused-ring (bicyclic) bond motifs is 2. The second kappa shape index (κ2) is 4.38. The standard InChI is InChI=1S/C12H16N2O2S/c1-7-13-6-12(17-7)14-11(15)5-8-4-9-2-3-10(8)16-9/h6,8-10H,2-5H2,1H3,(H,14,15). The Balaban J connectivity index is 1.54. The summed E-state index contributed by atoms with van der Waals surface area (Å²) in [6.45, 7) is 1.93. The lowest BCUT2D eigenvalue weighted by molar-refractivity contribution is -0.117. The number of thiazole rings is 1. The molecular weight excluding hydrogens is 236 g/mol. The van der Waals surface area contributed by atoms with Crippen molar-refractivity contribution in [1.29, 1.82) is 0 Å². The predicted molar refractivity (Wildman–Crippen MR) is 66.1 cm³/mol. The van der Waals surface area contributed by atoms with Gasteiger partial charge in [0, 0.05) is 6.42 Å². The maximum Gasteiger partial charge on any atom is 0.225 e. The minimum Gasteiger partial charge on any atom is -0.375 e. The third-order valence-electron chi connectivity index (χ3n) is 3.56. The van der Waals surface area contributed by atoms with Crippen molar-refractivity contribution in [2.45, 2.75) is 44.8 Å². The fourth-order valence-electron chi connectivity index (χ4n) is 2.80. The summed E-state index contributed by atoms with van der Waals surface area (Å²) in [5.41, 5.74) is 0. The van der Waals surface area contributed by atoms with Crippen molar-refractivity contribution in [2.75, 3.05) is 5.32 Å². The number of hydrogen-bond donors (Lipinski definition) is 1. The summed E-state index contributed by atoms with van der Waals surface area (Å²) in [4.78, 5) is 16.0. The number of ether oxygens (including phenoxy) is 1. The molecule has 92 valence electrons. The highest BCUT2D eigenvalue weighted by Gasteiger charge is 2.41. The van der Waals surface area contributed by atoms with Crippen LogP contribution in [0, 0.1) is 12.8 Å². The average Bonchev–Trinajstić information content (AvgIpc) is 2.95. The quantitative estimate of drug-likeness (QED) is 0.898. The Labute approximate surface area is 104 Å². The Kier molecular flexibility index (Phi) is 2.88. The third kappa shape index (κ3) is 2.35. The van der Waals surface area contributed by atoms with Crippen LogP contribution in [0.15, 0.2) is 6.20 Å². The number of anilines is 1. The zero-order chi connectivity index (χ0) is 11.8. The predicted octanol–water partition coefficient (Wildman–Crippen LogP) is 2.35. The highest BCUT2D eigenvalue weighted by molar-refractivity contribution is 7.15. The van der Waals surface area contributed by atoms with E-state index >= 15 is 0 Å². The molecule has 17 heavy (non-hydrogen) atoms. The van der Waals surface area contributed by atoms with Crippen molar-refractivity contribution in [2.24, 2.45) is 5.92 Å². The van der Waals surface area contributed by atoms with Crippen molar-refractivity contribution in [1.82, 2.24) is 4.98 Å². The van der Waals surface area contributed by atoms with Crippen molar-refractivity contribution >= 4 is 22.2 Å². The van der Waals surface area contributed by atoms with E-state index in [0.717, 1.165) is 22.9 Å². The first-order chi connectivity index (χ1) is 8.20. The molecule has 1 aromatic rings. The Morgan fingerprint density at radius 1 is 1.65 bits per heavy atom. The lowest BCUT2D eigenvalue weighted by Crippen LogP contribution is -2.23. The Hall–Kier alpha value is -0.940. The van der Waals surface area contributed by atoms with Gasteiger partial charge in [0.15, 0.2) is 0 Å². The number of aromatic nitrogens is 1. The van der Waals surface area contributed by atoms with Crippen LogP contribution in [-0.4, -0.2) is 23.1 Å². The molecule has 3 rings (SSSR count). The fraction of sp³-hybridized carbons (Fsp3) is 0.667. The molecule has 0 aromatic carbocycles. The van der Waals surface area contributed by atoms with Crippen LogP contribution in [0.1, 0.15) is 30.7 Å². The van der Waals surface area contributed by atoms with Crippen LogP contribution in [-0.2, 0) is 9.53 Å². The molecule has 2 aliphatic heterocycles. The van der Waals surface area contributed by atoms with E-state index in [1.165, 1.54) is 17.8 Å². The first-order valence-corrected chi connectivity index (χ1v) is 6.90. The van der Waals surface area contributed by atoms with Crippen LogP contribution in [0.2, 0.25) is 0 Å². The average molecular weight is 252 g/mol. The zero-order valence-corrected chi connectivity index (χ0v) is 10.6. The van der Waals surface area contributed by atoms with Gasteiger partial charge in [0.2, 0.25) is 5.91 Å².